The van der Waals surface area contributed by atoms with Crippen LogP contribution in [0.25, 0.3) is 0 Å². The summed E-state index contributed by atoms with van der Waals surface area (Å²) in [5.41, 5.74) is -8.20. The molecule has 8 nitrogen and oxygen atoms in total. The highest BCUT2D eigenvalue weighted by molar-refractivity contribution is 6.32. The van der Waals surface area contributed by atoms with Crippen molar-refractivity contribution in [3.63, 3.8) is 0 Å². The second-order valence-corrected chi connectivity index (χ2v) is 8.40. The summed E-state index contributed by atoms with van der Waals surface area (Å²) in [5, 5.41) is 2.87. The fourth-order valence-corrected chi connectivity index (χ4v) is 3.77. The third kappa shape index (κ3) is 6.08. The number of aromatic nitrogens is 2. The van der Waals surface area contributed by atoms with Gasteiger partial charge in [-0.1, -0.05) is 11.6 Å². The standard InChI is InChI=1S/C21H21Cl2F3N4O4/c1-20(13-10-27-12-28-11-13,19(32)29-14-6-8-33-9-7-14)30(18(31)17(22)24)15-2-4-16(5-3-15)34-21(23,25)26/h2-5,10-12,14,17H,6-9H2,1H3,(H,29,32)/t17-,20-/m0/s1. The molecule has 0 unspecified atom stereocenters. The molecule has 3 rings (SSSR count). The number of benzene rings is 1. The lowest BCUT2D eigenvalue weighted by Crippen LogP contribution is -2.60. The van der Waals surface area contributed by atoms with E-state index in [1.807, 2.05) is 0 Å². The number of alkyl halides is 5. The van der Waals surface area contributed by atoms with Gasteiger partial charge in [-0.15, -0.1) is 8.78 Å². The number of carbonyl (C=O) groups excluding carboxylic acids is 2. The molecule has 2 heterocycles. The number of rotatable bonds is 8. The van der Waals surface area contributed by atoms with E-state index in [-0.39, 0.29) is 23.0 Å². The van der Waals surface area contributed by atoms with Crippen LogP contribution in [0.2, 0.25) is 0 Å². The number of ether oxygens (including phenoxy) is 2. The van der Waals surface area contributed by atoms with E-state index < -0.39 is 28.6 Å². The summed E-state index contributed by atoms with van der Waals surface area (Å²) < 4.78 is 49.7. The van der Waals surface area contributed by atoms with Crippen LogP contribution in [-0.2, 0) is 19.9 Å². The number of nitrogens with zero attached hydrogens (tertiary/aromatic N) is 3. The van der Waals surface area contributed by atoms with Gasteiger partial charge in [-0.2, -0.15) is 0 Å². The van der Waals surface area contributed by atoms with Gasteiger partial charge in [-0.05, 0) is 44.0 Å². The van der Waals surface area contributed by atoms with Crippen molar-refractivity contribution in [2.45, 2.75) is 42.5 Å². The van der Waals surface area contributed by atoms with E-state index in [0.717, 1.165) is 17.0 Å². The molecular weight excluding hydrogens is 500 g/mol. The van der Waals surface area contributed by atoms with Crippen molar-refractivity contribution in [2.75, 3.05) is 18.1 Å². The van der Waals surface area contributed by atoms with Gasteiger partial charge >= 0.3 is 5.57 Å². The molecular formula is C21H21Cl2F3N4O4. The van der Waals surface area contributed by atoms with Crippen molar-refractivity contribution < 1.29 is 32.2 Å². The van der Waals surface area contributed by atoms with Crippen molar-refractivity contribution in [2.24, 2.45) is 0 Å². The first-order chi connectivity index (χ1) is 16.0. The summed E-state index contributed by atoms with van der Waals surface area (Å²) in [6, 6.07) is 4.32. The van der Waals surface area contributed by atoms with Gasteiger partial charge in [0.05, 0.1) is 0 Å². The van der Waals surface area contributed by atoms with Crippen LogP contribution in [-0.4, -0.2) is 52.2 Å². The Bertz CT molecular complexity index is 990. The van der Waals surface area contributed by atoms with Gasteiger partial charge < -0.3 is 14.8 Å². The molecule has 2 aromatic rings. The van der Waals surface area contributed by atoms with E-state index in [4.69, 9.17) is 27.9 Å². The quantitative estimate of drug-likeness (QED) is 0.533. The van der Waals surface area contributed by atoms with Crippen LogP contribution in [0.5, 0.6) is 5.75 Å². The van der Waals surface area contributed by atoms with Gasteiger partial charge in [0.15, 0.2) is 5.54 Å². The topological polar surface area (TPSA) is 93.6 Å². The molecule has 0 aliphatic carbocycles. The molecule has 0 spiro atoms. The highest BCUT2D eigenvalue weighted by atomic mass is 35.5. The molecule has 1 N–H and O–H groups in total. The molecule has 1 aliphatic heterocycles. The summed E-state index contributed by atoms with van der Waals surface area (Å²) in [6.07, 6.45) is 4.93. The van der Waals surface area contributed by atoms with Crippen LogP contribution in [0.1, 0.15) is 25.3 Å². The predicted octanol–water partition coefficient (Wildman–Crippen LogP) is 3.72. The number of halogens is 5. The Morgan fingerprint density at radius 1 is 1.21 bits per heavy atom. The second kappa shape index (κ2) is 10.7. The Hall–Kier alpha value is -2.63. The highest BCUT2D eigenvalue weighted by Gasteiger charge is 2.47. The molecule has 0 bridgehead atoms. The fourth-order valence-electron chi connectivity index (χ4n) is 3.58. The third-order valence-corrected chi connectivity index (χ3v) is 5.57. The van der Waals surface area contributed by atoms with Crippen molar-refractivity contribution in [3.8, 4) is 5.75 Å². The SMILES string of the molecule is C[C@@](C(=O)NC1CCOCC1)(c1cncnc1)N(C(=O)[C@H](F)Cl)c1ccc(OC(F)(F)Cl)cc1. The van der Waals surface area contributed by atoms with E-state index in [1.165, 1.54) is 37.8 Å². The molecule has 0 radical (unpaired) electrons. The normalized spacial score (nSPS) is 17.4. The molecule has 2 atom stereocenters. The molecule has 184 valence electrons. The largest absolute Gasteiger partial charge is 0.487 e. The average molecular weight is 521 g/mol. The first-order valence-electron chi connectivity index (χ1n) is 10.1. The fraction of sp³-hybridized carbons (Fsp3) is 0.429. The van der Waals surface area contributed by atoms with Crippen LogP contribution in [0.15, 0.2) is 43.0 Å². The van der Waals surface area contributed by atoms with E-state index in [2.05, 4.69) is 20.0 Å². The lowest BCUT2D eigenvalue weighted by molar-refractivity contribution is -0.132. The highest BCUT2D eigenvalue weighted by Crippen LogP contribution is 2.36. The first-order valence-corrected chi connectivity index (χ1v) is 11.0. The summed E-state index contributed by atoms with van der Waals surface area (Å²) in [6.45, 7) is 2.27. The zero-order valence-corrected chi connectivity index (χ0v) is 19.4. The van der Waals surface area contributed by atoms with Crippen LogP contribution in [0.3, 0.4) is 0 Å². The number of anilines is 1. The van der Waals surface area contributed by atoms with E-state index >= 15 is 0 Å². The zero-order valence-electron chi connectivity index (χ0n) is 17.9. The Morgan fingerprint density at radius 2 is 1.79 bits per heavy atom. The minimum absolute atomic E-state index is 0.0213. The maximum Gasteiger partial charge on any atom is 0.487 e. The van der Waals surface area contributed by atoms with E-state index in [1.54, 1.807) is 0 Å². The van der Waals surface area contributed by atoms with Gasteiger partial charge in [0.1, 0.15) is 12.1 Å². The van der Waals surface area contributed by atoms with Gasteiger partial charge in [-0.25, -0.2) is 14.4 Å². The minimum atomic E-state index is -3.96. The number of carbonyl (C=O) groups is 2. The molecule has 1 aromatic carbocycles. The lowest BCUT2D eigenvalue weighted by atomic mass is 9.89. The molecule has 1 aromatic heterocycles. The Labute approximate surface area is 203 Å². The first kappa shape index (κ1) is 26.0. The molecule has 1 fully saturated rings. The van der Waals surface area contributed by atoms with Crippen molar-refractivity contribution in [3.05, 3.63) is 48.5 Å². The summed E-state index contributed by atoms with van der Waals surface area (Å²) in [5.74, 6) is -2.23. The summed E-state index contributed by atoms with van der Waals surface area (Å²) >= 11 is 10.3. The van der Waals surface area contributed by atoms with Crippen molar-refractivity contribution >= 4 is 40.7 Å². The van der Waals surface area contributed by atoms with Gasteiger partial charge in [-0.3, -0.25) is 14.5 Å². The molecule has 13 heteroatoms. The van der Waals surface area contributed by atoms with E-state index in [9.17, 15) is 22.8 Å². The maximum atomic E-state index is 14.2. The number of hydrogen-bond acceptors (Lipinski definition) is 6. The van der Waals surface area contributed by atoms with Gasteiger partial charge in [0, 0.05) is 54.5 Å². The zero-order chi connectivity index (χ0) is 24.9. The maximum absolute atomic E-state index is 14.2. The number of amides is 2. The van der Waals surface area contributed by atoms with Crippen LogP contribution in [0, 0.1) is 0 Å². The van der Waals surface area contributed by atoms with Crippen LogP contribution >= 0.6 is 23.2 Å². The molecule has 1 aliphatic rings. The molecule has 0 saturated carbocycles. The lowest BCUT2D eigenvalue weighted by Gasteiger charge is -2.41. The number of hydrogen-bond donors (Lipinski definition) is 1. The van der Waals surface area contributed by atoms with Crippen LogP contribution in [0.4, 0.5) is 18.9 Å². The predicted molar refractivity (Wildman–Crippen MR) is 117 cm³/mol. The van der Waals surface area contributed by atoms with Crippen LogP contribution < -0.4 is 15.0 Å². The monoisotopic (exact) mass is 520 g/mol. The smallest absolute Gasteiger partial charge is 0.420 e. The van der Waals surface area contributed by atoms with Gasteiger partial charge in [0.2, 0.25) is 0 Å². The molecule has 2 amide bonds. The average Bonchev–Trinajstić information content (AvgIpc) is 2.80. The third-order valence-electron chi connectivity index (χ3n) is 5.30. The van der Waals surface area contributed by atoms with Crippen molar-refractivity contribution in [1.29, 1.82) is 0 Å². The Kier molecular flexibility index (Phi) is 8.21. The summed E-state index contributed by atoms with van der Waals surface area (Å²) in [4.78, 5) is 35.3. The van der Waals surface area contributed by atoms with Crippen molar-refractivity contribution in [1.82, 2.24) is 15.3 Å². The second-order valence-electron chi connectivity index (χ2n) is 7.58. The summed E-state index contributed by atoms with van der Waals surface area (Å²) in [7, 11) is 0. The molecule has 1 saturated heterocycles. The molecule has 34 heavy (non-hydrogen) atoms. The number of nitrogens with one attached hydrogen (secondary N) is 1. The van der Waals surface area contributed by atoms with Gasteiger partial charge in [0.25, 0.3) is 17.4 Å². The Balaban J connectivity index is 2.07. The minimum Gasteiger partial charge on any atom is -0.420 e. The van der Waals surface area contributed by atoms with E-state index in [0.29, 0.717) is 26.1 Å². The Morgan fingerprint density at radius 3 is 2.32 bits per heavy atom.